The third-order valence-electron chi connectivity index (χ3n) is 5.57. The summed E-state index contributed by atoms with van der Waals surface area (Å²) in [4.78, 5) is 22.2. The van der Waals surface area contributed by atoms with Gasteiger partial charge in [0.15, 0.2) is 11.8 Å². The summed E-state index contributed by atoms with van der Waals surface area (Å²) in [7, 11) is 0. The van der Waals surface area contributed by atoms with Gasteiger partial charge < -0.3 is 34.8 Å². The number of aromatic amines is 1. The number of H-pyrrole nitrogens is 1. The van der Waals surface area contributed by atoms with Crippen LogP contribution in [-0.2, 0) is 20.9 Å². The van der Waals surface area contributed by atoms with E-state index in [1.165, 1.54) is 12.1 Å². The largest absolute Gasteiger partial charge is 0.471 e. The lowest BCUT2D eigenvalue weighted by molar-refractivity contribution is -0.113. The molecule has 2 fully saturated rings. The van der Waals surface area contributed by atoms with E-state index in [0.29, 0.717) is 5.52 Å². The number of nitrogens with two attached hydrogens (primary N) is 1. The van der Waals surface area contributed by atoms with Crippen molar-refractivity contribution in [3.05, 3.63) is 52.1 Å². The molecule has 2 unspecified atom stereocenters. The molecular formula is C22H19ClF2N4O6. The van der Waals surface area contributed by atoms with E-state index in [4.69, 9.17) is 36.3 Å². The van der Waals surface area contributed by atoms with E-state index in [-0.39, 0.29) is 46.9 Å². The Balaban J connectivity index is 1.30. The number of aromatic nitrogens is 3. The number of aliphatic hydroxyl groups excluding tert-OH is 1. The summed E-state index contributed by atoms with van der Waals surface area (Å²) in [5.74, 6) is -2.58. The van der Waals surface area contributed by atoms with Crippen molar-refractivity contribution < 1.29 is 37.6 Å². The van der Waals surface area contributed by atoms with Crippen LogP contribution in [-0.4, -0.2) is 63.6 Å². The van der Waals surface area contributed by atoms with Crippen LogP contribution >= 0.6 is 11.6 Å². The highest BCUT2D eigenvalue weighted by Gasteiger charge is 2.48. The molecule has 0 radical (unpaired) electrons. The maximum Gasteiger partial charge on any atom is 0.296 e. The number of pyridine rings is 1. The third-order valence-corrected chi connectivity index (χ3v) is 5.85. The molecule has 3 aromatic rings. The number of imidazole rings is 1. The standard InChI is InChI=1S/C22H19ClF2N4O6/c23-11-5-14-20(29-22(27-14)35-16-8-33-18-15(30)7-32-19(16)18)28-21(11)34-6-10-12(24)3-9(4-13(10)25)1-2-17(26)31/h1-5,15-16,18-19,30H,6-8H2,(H2,26,31)(H,27,28,29)/b2-1+/t15-,16-,18?,19?/m1/s1. The van der Waals surface area contributed by atoms with E-state index in [1.54, 1.807) is 0 Å². The monoisotopic (exact) mass is 508 g/mol. The number of nitrogens with one attached hydrogen (secondary N) is 1. The third kappa shape index (κ3) is 4.78. The first-order valence-corrected chi connectivity index (χ1v) is 10.9. The zero-order valence-electron chi connectivity index (χ0n) is 17.9. The topological polar surface area (TPSA) is 142 Å². The average Bonchev–Trinajstić information content (AvgIpc) is 3.48. The second kappa shape index (κ2) is 9.38. The molecule has 1 amide bonds. The number of benzene rings is 1. The highest BCUT2D eigenvalue weighted by atomic mass is 35.5. The van der Waals surface area contributed by atoms with Crippen molar-refractivity contribution in [3.8, 4) is 11.9 Å². The smallest absolute Gasteiger partial charge is 0.296 e. The van der Waals surface area contributed by atoms with E-state index in [0.717, 1.165) is 18.2 Å². The Morgan fingerprint density at radius 3 is 2.71 bits per heavy atom. The molecule has 4 N–H and O–H groups in total. The summed E-state index contributed by atoms with van der Waals surface area (Å²) in [6.45, 7) is -0.104. The molecule has 10 nitrogen and oxygen atoms in total. The molecule has 2 aliphatic heterocycles. The molecule has 35 heavy (non-hydrogen) atoms. The number of aliphatic hydroxyl groups is 1. The number of hydrogen-bond donors (Lipinski definition) is 3. The lowest BCUT2D eigenvalue weighted by Crippen LogP contribution is -2.34. The predicted molar refractivity (Wildman–Crippen MR) is 118 cm³/mol. The zero-order valence-corrected chi connectivity index (χ0v) is 18.7. The van der Waals surface area contributed by atoms with Crippen LogP contribution in [0.1, 0.15) is 11.1 Å². The lowest BCUT2D eigenvalue weighted by atomic mass is 10.1. The zero-order chi connectivity index (χ0) is 24.7. The summed E-state index contributed by atoms with van der Waals surface area (Å²) >= 11 is 6.23. The predicted octanol–water partition coefficient (Wildman–Crippen LogP) is 1.87. The number of primary amides is 1. The Kier molecular flexibility index (Phi) is 6.28. The van der Waals surface area contributed by atoms with Gasteiger partial charge in [-0.2, -0.15) is 9.97 Å². The van der Waals surface area contributed by atoms with Crippen molar-refractivity contribution in [2.24, 2.45) is 5.73 Å². The van der Waals surface area contributed by atoms with Gasteiger partial charge in [-0.15, -0.1) is 0 Å². The highest BCUT2D eigenvalue weighted by molar-refractivity contribution is 6.32. The van der Waals surface area contributed by atoms with Gasteiger partial charge in [0.1, 0.15) is 41.6 Å². The molecular weight excluding hydrogens is 490 g/mol. The van der Waals surface area contributed by atoms with Crippen LogP contribution in [0.5, 0.6) is 11.9 Å². The molecule has 4 atom stereocenters. The van der Waals surface area contributed by atoms with Crippen LogP contribution in [0.2, 0.25) is 5.02 Å². The van der Waals surface area contributed by atoms with Crippen molar-refractivity contribution >= 4 is 34.7 Å². The van der Waals surface area contributed by atoms with Crippen molar-refractivity contribution in [3.63, 3.8) is 0 Å². The minimum Gasteiger partial charge on any atom is -0.471 e. The highest BCUT2D eigenvalue weighted by Crippen LogP contribution is 2.31. The Morgan fingerprint density at radius 2 is 1.97 bits per heavy atom. The summed E-state index contributed by atoms with van der Waals surface area (Å²) < 4.78 is 51.2. The van der Waals surface area contributed by atoms with E-state index >= 15 is 0 Å². The molecule has 4 heterocycles. The van der Waals surface area contributed by atoms with Crippen LogP contribution in [0.4, 0.5) is 8.78 Å². The molecule has 5 rings (SSSR count). The van der Waals surface area contributed by atoms with Gasteiger partial charge in [0.05, 0.1) is 24.3 Å². The molecule has 2 aliphatic rings. The molecule has 2 saturated heterocycles. The van der Waals surface area contributed by atoms with Crippen LogP contribution < -0.4 is 15.2 Å². The van der Waals surface area contributed by atoms with Crippen LogP contribution in [0.15, 0.2) is 24.3 Å². The number of fused-ring (bicyclic) bond motifs is 2. The SMILES string of the molecule is NC(=O)/C=C/c1cc(F)c(COc2nc3nc(O[C@@H]4COC5C4OC[C@H]5O)[nH]c3cc2Cl)c(F)c1. The van der Waals surface area contributed by atoms with Gasteiger partial charge in [-0.05, 0) is 29.8 Å². The van der Waals surface area contributed by atoms with E-state index in [9.17, 15) is 18.7 Å². The van der Waals surface area contributed by atoms with Crippen LogP contribution in [0, 0.1) is 11.6 Å². The fourth-order valence-electron chi connectivity index (χ4n) is 3.90. The molecule has 1 aromatic carbocycles. The minimum absolute atomic E-state index is 0.0831. The van der Waals surface area contributed by atoms with Crippen LogP contribution in [0.3, 0.4) is 0 Å². The maximum absolute atomic E-state index is 14.4. The average molecular weight is 509 g/mol. The van der Waals surface area contributed by atoms with Crippen molar-refractivity contribution in [2.75, 3.05) is 13.2 Å². The van der Waals surface area contributed by atoms with E-state index < -0.39 is 48.6 Å². The Hall–Kier alpha value is -3.32. The number of rotatable bonds is 7. The van der Waals surface area contributed by atoms with Crippen LogP contribution in [0.25, 0.3) is 17.2 Å². The second-order valence-electron chi connectivity index (χ2n) is 8.00. The normalized spacial score (nSPS) is 23.8. The molecule has 2 aromatic heterocycles. The molecule has 0 bridgehead atoms. The van der Waals surface area contributed by atoms with Crippen molar-refractivity contribution in [2.45, 2.75) is 31.0 Å². The second-order valence-corrected chi connectivity index (χ2v) is 8.40. The van der Waals surface area contributed by atoms with Gasteiger partial charge in [0, 0.05) is 6.08 Å². The van der Waals surface area contributed by atoms with Crippen molar-refractivity contribution in [1.82, 2.24) is 15.0 Å². The summed E-state index contributed by atoms with van der Waals surface area (Å²) in [5.41, 5.74) is 5.42. The molecule has 184 valence electrons. The van der Waals surface area contributed by atoms with Gasteiger partial charge in [-0.1, -0.05) is 11.6 Å². The van der Waals surface area contributed by atoms with E-state index in [1.807, 2.05) is 0 Å². The van der Waals surface area contributed by atoms with E-state index in [2.05, 4.69) is 15.0 Å². The molecule has 0 aliphatic carbocycles. The number of hydrogen-bond acceptors (Lipinski definition) is 8. The Bertz CT molecular complexity index is 1300. The summed E-state index contributed by atoms with van der Waals surface area (Å²) in [6, 6.07) is 3.71. The first-order chi connectivity index (χ1) is 16.8. The molecule has 0 saturated carbocycles. The maximum atomic E-state index is 14.4. The molecule has 0 spiro atoms. The van der Waals surface area contributed by atoms with Gasteiger partial charge in [-0.25, -0.2) is 8.78 Å². The van der Waals surface area contributed by atoms with Gasteiger partial charge in [0.25, 0.3) is 6.01 Å². The molecule has 13 heteroatoms. The Labute approximate surface area is 201 Å². The van der Waals surface area contributed by atoms with Gasteiger partial charge in [0.2, 0.25) is 11.8 Å². The summed E-state index contributed by atoms with van der Waals surface area (Å²) in [5, 5.41) is 9.93. The van der Waals surface area contributed by atoms with Crippen molar-refractivity contribution in [1.29, 1.82) is 0 Å². The summed E-state index contributed by atoms with van der Waals surface area (Å²) in [6.07, 6.45) is 0.134. The number of nitrogens with zero attached hydrogens (tertiary/aromatic N) is 2. The Morgan fingerprint density at radius 1 is 1.23 bits per heavy atom. The fourth-order valence-corrected chi connectivity index (χ4v) is 4.11. The van der Waals surface area contributed by atoms with Gasteiger partial charge >= 0.3 is 0 Å². The number of amides is 1. The number of carbonyl (C=O) groups is 1. The first kappa shape index (κ1) is 23.4. The van der Waals surface area contributed by atoms with Gasteiger partial charge in [-0.3, -0.25) is 4.79 Å². The number of carbonyl (C=O) groups excluding carboxylic acids is 1. The minimum atomic E-state index is -0.877. The first-order valence-electron chi connectivity index (χ1n) is 10.5. The number of halogens is 3. The lowest BCUT2D eigenvalue weighted by Gasteiger charge is -2.15. The fraction of sp³-hybridized carbons (Fsp3) is 0.318. The quantitative estimate of drug-likeness (QED) is 0.411. The number of ether oxygens (including phenoxy) is 4.